The quantitative estimate of drug-likeness (QED) is 0.736. The van der Waals surface area contributed by atoms with Crippen molar-refractivity contribution in [1.82, 2.24) is 15.3 Å². The van der Waals surface area contributed by atoms with Crippen LogP contribution in [0.15, 0.2) is 30.6 Å². The first-order chi connectivity index (χ1) is 8.66. The number of nitrogens with two attached hydrogens (primary N) is 1. The summed E-state index contributed by atoms with van der Waals surface area (Å²) in [7, 11) is 0. The molecular formula is C13H16N4O. The number of nitrogens with one attached hydrogen (secondary N) is 2. The molecule has 0 saturated carbocycles. The van der Waals surface area contributed by atoms with E-state index < -0.39 is 5.91 Å². The highest BCUT2D eigenvalue weighted by molar-refractivity contribution is 5.92. The van der Waals surface area contributed by atoms with Gasteiger partial charge in [0.2, 0.25) is 5.91 Å². The molecular weight excluding hydrogens is 228 g/mol. The maximum Gasteiger partial charge on any atom is 0.248 e. The molecule has 0 spiro atoms. The van der Waals surface area contributed by atoms with Crippen LogP contribution in [0.3, 0.4) is 0 Å². The van der Waals surface area contributed by atoms with Crippen LogP contribution in [0.2, 0.25) is 0 Å². The molecule has 4 N–H and O–H groups in total. The highest BCUT2D eigenvalue weighted by Crippen LogP contribution is 2.05. The molecule has 0 fully saturated rings. The van der Waals surface area contributed by atoms with Crippen molar-refractivity contribution < 1.29 is 4.79 Å². The largest absolute Gasteiger partial charge is 0.366 e. The van der Waals surface area contributed by atoms with E-state index in [0.717, 1.165) is 17.0 Å². The van der Waals surface area contributed by atoms with Crippen LogP contribution in [0.5, 0.6) is 0 Å². The van der Waals surface area contributed by atoms with E-state index in [-0.39, 0.29) is 0 Å². The van der Waals surface area contributed by atoms with E-state index in [1.165, 1.54) is 0 Å². The summed E-state index contributed by atoms with van der Waals surface area (Å²) in [5.41, 5.74) is 8.86. The molecule has 1 aromatic carbocycles. The maximum absolute atomic E-state index is 11.0. The van der Waals surface area contributed by atoms with E-state index in [1.807, 2.05) is 19.1 Å². The van der Waals surface area contributed by atoms with Crippen molar-refractivity contribution in [2.75, 3.05) is 0 Å². The fraction of sp³-hybridized carbons (Fsp3) is 0.231. The van der Waals surface area contributed by atoms with Crippen LogP contribution in [-0.4, -0.2) is 15.9 Å². The highest BCUT2D eigenvalue weighted by Gasteiger charge is 2.02. The number of carbonyl (C=O) groups excluding carboxylic acids is 1. The Labute approximate surface area is 105 Å². The first-order valence-electron chi connectivity index (χ1n) is 5.75. The van der Waals surface area contributed by atoms with Gasteiger partial charge in [-0.25, -0.2) is 4.98 Å². The molecule has 0 aliphatic heterocycles. The van der Waals surface area contributed by atoms with Gasteiger partial charge < -0.3 is 16.0 Å². The molecule has 2 rings (SSSR count). The lowest BCUT2D eigenvalue weighted by Gasteiger charge is -2.05. The van der Waals surface area contributed by atoms with Crippen molar-refractivity contribution in [3.8, 4) is 0 Å². The topological polar surface area (TPSA) is 83.8 Å². The molecule has 0 bridgehead atoms. The minimum Gasteiger partial charge on any atom is -0.366 e. The van der Waals surface area contributed by atoms with Crippen LogP contribution < -0.4 is 11.1 Å². The predicted octanol–water partition coefficient (Wildman–Crippen LogP) is 1.11. The van der Waals surface area contributed by atoms with Crippen LogP contribution in [0.1, 0.15) is 27.3 Å². The number of amides is 1. The maximum atomic E-state index is 11.0. The van der Waals surface area contributed by atoms with E-state index >= 15 is 0 Å². The van der Waals surface area contributed by atoms with Crippen molar-refractivity contribution in [2.45, 2.75) is 20.0 Å². The third-order valence-electron chi connectivity index (χ3n) is 2.77. The van der Waals surface area contributed by atoms with Gasteiger partial charge in [0, 0.05) is 24.3 Å². The number of primary amides is 1. The van der Waals surface area contributed by atoms with Gasteiger partial charge in [-0.15, -0.1) is 0 Å². The van der Waals surface area contributed by atoms with E-state index in [1.54, 1.807) is 18.5 Å². The van der Waals surface area contributed by atoms with Gasteiger partial charge in [0.25, 0.3) is 0 Å². The molecule has 0 unspecified atom stereocenters. The minimum atomic E-state index is -0.403. The van der Waals surface area contributed by atoms with E-state index in [4.69, 9.17) is 5.73 Å². The van der Waals surface area contributed by atoms with E-state index in [0.29, 0.717) is 18.7 Å². The zero-order valence-corrected chi connectivity index (χ0v) is 10.2. The number of H-pyrrole nitrogens is 1. The highest BCUT2D eigenvalue weighted by atomic mass is 16.1. The molecule has 5 heteroatoms. The molecule has 0 saturated heterocycles. The molecule has 94 valence electrons. The zero-order chi connectivity index (χ0) is 13.0. The molecule has 18 heavy (non-hydrogen) atoms. The van der Waals surface area contributed by atoms with Crippen molar-refractivity contribution >= 4 is 5.91 Å². The van der Waals surface area contributed by atoms with Gasteiger partial charge in [-0.2, -0.15) is 0 Å². The lowest BCUT2D eigenvalue weighted by Crippen LogP contribution is -2.15. The molecule has 1 amide bonds. The van der Waals surface area contributed by atoms with E-state index in [9.17, 15) is 4.79 Å². The number of aromatic nitrogens is 2. The van der Waals surface area contributed by atoms with Crippen LogP contribution >= 0.6 is 0 Å². The molecule has 0 radical (unpaired) electrons. The normalized spacial score (nSPS) is 10.5. The van der Waals surface area contributed by atoms with Crippen LogP contribution in [0, 0.1) is 6.92 Å². The van der Waals surface area contributed by atoms with Gasteiger partial charge in [-0.05, 0) is 24.6 Å². The molecule has 0 aliphatic rings. The monoisotopic (exact) mass is 244 g/mol. The van der Waals surface area contributed by atoms with Crippen LogP contribution in [-0.2, 0) is 13.1 Å². The smallest absolute Gasteiger partial charge is 0.248 e. The summed E-state index contributed by atoms with van der Waals surface area (Å²) in [5, 5.41) is 3.28. The minimum absolute atomic E-state index is 0.403. The first kappa shape index (κ1) is 12.3. The summed E-state index contributed by atoms with van der Waals surface area (Å²) in [4.78, 5) is 18.3. The molecule has 0 atom stereocenters. The van der Waals surface area contributed by atoms with Crippen molar-refractivity contribution in [3.63, 3.8) is 0 Å². The zero-order valence-electron chi connectivity index (χ0n) is 10.2. The van der Waals surface area contributed by atoms with Crippen molar-refractivity contribution in [2.24, 2.45) is 5.73 Å². The summed E-state index contributed by atoms with van der Waals surface area (Å²) < 4.78 is 0. The number of carbonyl (C=O) groups is 1. The number of imidazole rings is 1. The Morgan fingerprint density at radius 2 is 2.28 bits per heavy atom. The summed E-state index contributed by atoms with van der Waals surface area (Å²) in [6, 6.07) is 7.30. The van der Waals surface area contributed by atoms with E-state index in [2.05, 4.69) is 15.3 Å². The number of hydrogen-bond acceptors (Lipinski definition) is 3. The molecule has 0 aliphatic carbocycles. The Bertz CT molecular complexity index is 547. The number of nitrogens with zero attached hydrogens (tertiary/aromatic N) is 1. The SMILES string of the molecule is Cc1[nH]cnc1CNCc1cccc(C(N)=O)c1. The number of benzene rings is 1. The Morgan fingerprint density at radius 3 is 2.94 bits per heavy atom. The number of aromatic amines is 1. The molecule has 1 aromatic heterocycles. The van der Waals surface area contributed by atoms with Gasteiger partial charge in [0.15, 0.2) is 0 Å². The average molecular weight is 244 g/mol. The van der Waals surface area contributed by atoms with Gasteiger partial charge in [0.1, 0.15) is 0 Å². The molecule has 5 nitrogen and oxygen atoms in total. The lowest BCUT2D eigenvalue weighted by molar-refractivity contribution is 0.1000. The summed E-state index contributed by atoms with van der Waals surface area (Å²) in [5.74, 6) is -0.403. The number of aryl methyl sites for hydroxylation is 1. The van der Waals surface area contributed by atoms with Crippen LogP contribution in [0.4, 0.5) is 0 Å². The fourth-order valence-corrected chi connectivity index (χ4v) is 1.73. The Hall–Kier alpha value is -2.14. The number of rotatable bonds is 5. The summed E-state index contributed by atoms with van der Waals surface area (Å²) in [6.07, 6.45) is 1.68. The fourth-order valence-electron chi connectivity index (χ4n) is 1.73. The van der Waals surface area contributed by atoms with Gasteiger partial charge in [-0.1, -0.05) is 12.1 Å². The Morgan fingerprint density at radius 1 is 1.44 bits per heavy atom. The predicted molar refractivity (Wildman–Crippen MR) is 68.8 cm³/mol. The molecule has 2 aromatic rings. The lowest BCUT2D eigenvalue weighted by atomic mass is 10.1. The van der Waals surface area contributed by atoms with Crippen LogP contribution in [0.25, 0.3) is 0 Å². The second-order valence-electron chi connectivity index (χ2n) is 4.14. The second kappa shape index (κ2) is 5.46. The molecule has 1 heterocycles. The third kappa shape index (κ3) is 2.95. The number of hydrogen-bond donors (Lipinski definition) is 3. The summed E-state index contributed by atoms with van der Waals surface area (Å²) >= 11 is 0. The van der Waals surface area contributed by atoms with Crippen molar-refractivity contribution in [1.29, 1.82) is 0 Å². The average Bonchev–Trinajstić information content (AvgIpc) is 2.76. The van der Waals surface area contributed by atoms with Gasteiger partial charge >= 0.3 is 0 Å². The third-order valence-corrected chi connectivity index (χ3v) is 2.77. The van der Waals surface area contributed by atoms with Crippen molar-refractivity contribution in [3.05, 3.63) is 53.1 Å². The Kier molecular flexibility index (Phi) is 3.74. The van der Waals surface area contributed by atoms with Gasteiger partial charge in [-0.3, -0.25) is 4.79 Å². The first-order valence-corrected chi connectivity index (χ1v) is 5.75. The standard InChI is InChI=1S/C13H16N4O/c1-9-12(17-8-16-9)7-15-6-10-3-2-4-11(5-10)13(14)18/h2-5,8,15H,6-7H2,1H3,(H2,14,18)(H,16,17). The Balaban J connectivity index is 1.92. The second-order valence-corrected chi connectivity index (χ2v) is 4.14. The summed E-state index contributed by atoms with van der Waals surface area (Å²) in [6.45, 7) is 3.35. The van der Waals surface area contributed by atoms with Gasteiger partial charge in [0.05, 0.1) is 12.0 Å².